The first-order valence-corrected chi connectivity index (χ1v) is 6.85. The van der Waals surface area contributed by atoms with Crippen LogP contribution >= 0.6 is 27.3 Å². The zero-order valence-electron chi connectivity index (χ0n) is 9.81. The van der Waals surface area contributed by atoms with Crippen LogP contribution in [0.5, 0.6) is 0 Å². The molecule has 1 aromatic heterocycles. The van der Waals surface area contributed by atoms with E-state index in [2.05, 4.69) is 26.2 Å². The lowest BCUT2D eigenvalue weighted by Crippen LogP contribution is -2.11. The van der Waals surface area contributed by atoms with E-state index in [0.29, 0.717) is 15.0 Å². The van der Waals surface area contributed by atoms with Crippen LogP contribution in [0.3, 0.4) is 0 Å². The molecular weight excluding hydrogens is 332 g/mol. The number of aromatic nitrogens is 1. The first kappa shape index (κ1) is 13.7. The van der Waals surface area contributed by atoms with Gasteiger partial charge in [-0.05, 0) is 41.1 Å². The second-order valence-electron chi connectivity index (χ2n) is 3.70. The second kappa shape index (κ2) is 5.50. The summed E-state index contributed by atoms with van der Waals surface area (Å²) in [4.78, 5) is 27.2. The Bertz CT molecular complexity index is 654. The Hall–Kier alpha value is -1.73. The zero-order chi connectivity index (χ0) is 14.0. The number of aromatic carboxylic acids is 1. The fraction of sp³-hybridized carbons (Fsp3) is 0.0833. The third-order valence-corrected chi connectivity index (χ3v) is 3.88. The average molecular weight is 341 g/mol. The van der Waals surface area contributed by atoms with Crippen molar-refractivity contribution in [2.45, 2.75) is 6.92 Å². The Kier molecular flexibility index (Phi) is 3.96. The number of carbonyl (C=O) groups is 2. The molecule has 0 spiro atoms. The first-order valence-electron chi connectivity index (χ1n) is 5.24. The van der Waals surface area contributed by atoms with Gasteiger partial charge in [-0.25, -0.2) is 9.78 Å². The smallest absolute Gasteiger partial charge is 0.335 e. The van der Waals surface area contributed by atoms with Crippen LogP contribution in [-0.4, -0.2) is 22.0 Å². The molecular formula is C12H9BrN2O3S. The summed E-state index contributed by atoms with van der Waals surface area (Å²) < 4.78 is 0.516. The minimum atomic E-state index is -1.02. The van der Waals surface area contributed by atoms with Crippen LogP contribution in [0.25, 0.3) is 0 Å². The number of amides is 1. The molecule has 2 aromatic rings. The van der Waals surface area contributed by atoms with E-state index < -0.39 is 5.97 Å². The van der Waals surface area contributed by atoms with Gasteiger partial charge in [-0.1, -0.05) is 0 Å². The number of rotatable bonds is 3. The SMILES string of the molecule is Cc1ncc(C(=O)Nc2ccc(C(=O)O)cc2Br)s1. The quantitative estimate of drug-likeness (QED) is 0.899. The molecule has 0 aliphatic carbocycles. The summed E-state index contributed by atoms with van der Waals surface area (Å²) in [6.07, 6.45) is 1.51. The van der Waals surface area contributed by atoms with Crippen LogP contribution in [0.15, 0.2) is 28.9 Å². The average Bonchev–Trinajstić information content (AvgIpc) is 2.78. The summed E-state index contributed by atoms with van der Waals surface area (Å²) in [6, 6.07) is 4.41. The summed E-state index contributed by atoms with van der Waals surface area (Å²) >= 11 is 4.53. The number of nitrogens with one attached hydrogen (secondary N) is 1. The summed E-state index contributed by atoms with van der Waals surface area (Å²) in [5.41, 5.74) is 0.666. The fourth-order valence-corrected chi connectivity index (χ4v) is 2.55. The van der Waals surface area contributed by atoms with Crippen molar-refractivity contribution in [3.8, 4) is 0 Å². The van der Waals surface area contributed by atoms with Gasteiger partial charge in [0.1, 0.15) is 4.88 Å². The Balaban J connectivity index is 2.20. The summed E-state index contributed by atoms with van der Waals surface area (Å²) in [7, 11) is 0. The molecule has 0 atom stereocenters. The monoisotopic (exact) mass is 340 g/mol. The van der Waals surface area contributed by atoms with Crippen molar-refractivity contribution < 1.29 is 14.7 Å². The Labute approximate surface area is 121 Å². The molecule has 2 rings (SSSR count). The standard InChI is InChI=1S/C12H9BrN2O3S/c1-6-14-5-10(19-6)11(16)15-9-3-2-7(12(17)18)4-8(9)13/h2-5H,1H3,(H,15,16)(H,17,18). The van der Waals surface area contributed by atoms with E-state index in [1.54, 1.807) is 6.07 Å². The number of halogens is 1. The maximum Gasteiger partial charge on any atom is 0.335 e. The van der Waals surface area contributed by atoms with Crippen LogP contribution in [0.4, 0.5) is 5.69 Å². The Morgan fingerprint density at radius 3 is 2.68 bits per heavy atom. The van der Waals surface area contributed by atoms with Gasteiger partial charge in [-0.3, -0.25) is 4.79 Å². The molecule has 0 bridgehead atoms. The molecule has 0 aliphatic rings. The summed E-state index contributed by atoms with van der Waals surface area (Å²) in [5.74, 6) is -1.29. The minimum Gasteiger partial charge on any atom is -0.478 e. The predicted octanol–water partition coefficient (Wildman–Crippen LogP) is 3.16. The van der Waals surface area contributed by atoms with Gasteiger partial charge < -0.3 is 10.4 Å². The van der Waals surface area contributed by atoms with Gasteiger partial charge in [-0.2, -0.15) is 0 Å². The van der Waals surface area contributed by atoms with Crippen LogP contribution in [-0.2, 0) is 0 Å². The highest BCUT2D eigenvalue weighted by Gasteiger charge is 2.12. The van der Waals surface area contributed by atoms with Gasteiger partial charge in [0, 0.05) is 4.47 Å². The number of nitrogens with zero attached hydrogens (tertiary/aromatic N) is 1. The largest absolute Gasteiger partial charge is 0.478 e. The molecule has 1 amide bonds. The highest BCUT2D eigenvalue weighted by Crippen LogP contribution is 2.25. The van der Waals surface area contributed by atoms with E-state index in [4.69, 9.17) is 5.11 Å². The van der Waals surface area contributed by atoms with Crippen molar-refractivity contribution in [3.05, 3.63) is 44.3 Å². The van der Waals surface area contributed by atoms with Crippen molar-refractivity contribution in [1.82, 2.24) is 4.98 Å². The van der Waals surface area contributed by atoms with Crippen LogP contribution in [0.1, 0.15) is 25.0 Å². The van der Waals surface area contributed by atoms with Crippen LogP contribution < -0.4 is 5.32 Å². The number of carboxylic acid groups (broad SMARTS) is 1. The highest BCUT2D eigenvalue weighted by molar-refractivity contribution is 9.10. The number of carbonyl (C=O) groups excluding carboxylic acids is 1. The van der Waals surface area contributed by atoms with E-state index in [1.165, 1.54) is 29.7 Å². The molecule has 0 saturated heterocycles. The molecule has 0 radical (unpaired) electrons. The molecule has 0 saturated carbocycles. The van der Waals surface area contributed by atoms with Gasteiger partial charge in [0.25, 0.3) is 5.91 Å². The van der Waals surface area contributed by atoms with Gasteiger partial charge in [0.15, 0.2) is 0 Å². The normalized spacial score (nSPS) is 10.2. The van der Waals surface area contributed by atoms with Gasteiger partial charge in [0.05, 0.1) is 22.5 Å². The minimum absolute atomic E-state index is 0.151. The maximum atomic E-state index is 11.9. The Morgan fingerprint density at radius 2 is 2.16 bits per heavy atom. The van der Waals surface area contributed by atoms with Crippen LogP contribution in [0.2, 0.25) is 0 Å². The van der Waals surface area contributed by atoms with E-state index in [1.807, 2.05) is 6.92 Å². The molecule has 0 aliphatic heterocycles. The summed E-state index contributed by atoms with van der Waals surface area (Å²) in [6.45, 7) is 1.82. The molecule has 19 heavy (non-hydrogen) atoms. The zero-order valence-corrected chi connectivity index (χ0v) is 12.2. The maximum absolute atomic E-state index is 11.9. The van der Waals surface area contributed by atoms with Gasteiger partial charge >= 0.3 is 5.97 Å². The molecule has 1 aromatic carbocycles. The van der Waals surface area contributed by atoms with Crippen molar-refractivity contribution in [2.24, 2.45) is 0 Å². The van der Waals surface area contributed by atoms with Gasteiger partial charge in [-0.15, -0.1) is 11.3 Å². The second-order valence-corrected chi connectivity index (χ2v) is 5.79. The third kappa shape index (κ3) is 3.18. The predicted molar refractivity (Wildman–Crippen MR) is 75.9 cm³/mol. The summed E-state index contributed by atoms with van der Waals surface area (Å²) in [5, 5.41) is 12.4. The molecule has 5 nitrogen and oxygen atoms in total. The molecule has 0 unspecified atom stereocenters. The van der Waals surface area contributed by atoms with Crippen molar-refractivity contribution >= 4 is 44.8 Å². The number of thiazole rings is 1. The lowest BCUT2D eigenvalue weighted by molar-refractivity contribution is 0.0696. The van der Waals surface area contributed by atoms with Crippen molar-refractivity contribution in [2.75, 3.05) is 5.32 Å². The van der Waals surface area contributed by atoms with E-state index in [0.717, 1.165) is 5.01 Å². The number of anilines is 1. The van der Waals surface area contributed by atoms with Gasteiger partial charge in [0.2, 0.25) is 0 Å². The van der Waals surface area contributed by atoms with E-state index in [-0.39, 0.29) is 11.5 Å². The van der Waals surface area contributed by atoms with E-state index in [9.17, 15) is 9.59 Å². The topological polar surface area (TPSA) is 79.3 Å². The molecule has 2 N–H and O–H groups in total. The number of benzene rings is 1. The third-order valence-electron chi connectivity index (χ3n) is 2.31. The lowest BCUT2D eigenvalue weighted by atomic mass is 10.2. The number of hydrogen-bond acceptors (Lipinski definition) is 4. The van der Waals surface area contributed by atoms with Crippen molar-refractivity contribution in [1.29, 1.82) is 0 Å². The lowest BCUT2D eigenvalue weighted by Gasteiger charge is -2.06. The van der Waals surface area contributed by atoms with Crippen LogP contribution in [0, 0.1) is 6.92 Å². The van der Waals surface area contributed by atoms with Crippen molar-refractivity contribution in [3.63, 3.8) is 0 Å². The molecule has 98 valence electrons. The number of hydrogen-bond donors (Lipinski definition) is 2. The first-order chi connectivity index (χ1) is 8.97. The molecule has 0 fully saturated rings. The highest BCUT2D eigenvalue weighted by atomic mass is 79.9. The van der Waals surface area contributed by atoms with E-state index >= 15 is 0 Å². The number of aryl methyl sites for hydroxylation is 1. The molecule has 7 heteroatoms. The Morgan fingerprint density at radius 1 is 1.42 bits per heavy atom. The fourth-order valence-electron chi connectivity index (χ4n) is 1.40. The number of carboxylic acids is 1. The molecule has 1 heterocycles.